The number of benzene rings is 2. The van der Waals surface area contributed by atoms with Crippen LogP contribution in [0.3, 0.4) is 0 Å². The monoisotopic (exact) mass is 239 g/mol. The van der Waals surface area contributed by atoms with Gasteiger partial charge in [0.1, 0.15) is 11.5 Å². The van der Waals surface area contributed by atoms with Crippen LogP contribution in [0.5, 0.6) is 11.5 Å². The third-order valence-electron chi connectivity index (χ3n) is 3.07. The molecule has 4 heteroatoms. The first-order valence-electron chi connectivity index (χ1n) is 5.39. The predicted octanol–water partition coefficient (Wildman–Crippen LogP) is 2.06. The first-order valence-corrected chi connectivity index (χ1v) is 5.39. The average Bonchev–Trinajstić information content (AvgIpc) is 2.35. The number of phenolic OH excluding ortho intramolecular Hbond substituents is 2. The molecule has 0 unspecified atom stereocenters. The van der Waals surface area contributed by atoms with E-state index in [0.29, 0.717) is 0 Å². The minimum atomic E-state index is -0.289. The summed E-state index contributed by atoms with van der Waals surface area (Å²) in [6, 6.07) is 9.11. The maximum absolute atomic E-state index is 12.2. The van der Waals surface area contributed by atoms with Crippen molar-refractivity contribution in [3.8, 4) is 11.5 Å². The fourth-order valence-corrected chi connectivity index (χ4v) is 2.25. The first kappa shape index (κ1) is 10.5. The van der Waals surface area contributed by atoms with Gasteiger partial charge in [0.25, 0.3) is 0 Å². The number of rotatable bonds is 0. The molecule has 0 aromatic heterocycles. The summed E-state index contributed by atoms with van der Waals surface area (Å²) >= 11 is 0. The van der Waals surface area contributed by atoms with Crippen LogP contribution in [0.2, 0.25) is 0 Å². The van der Waals surface area contributed by atoms with Gasteiger partial charge in [-0.05, 0) is 12.1 Å². The van der Waals surface area contributed by atoms with Crippen LogP contribution in [0.4, 0.5) is 0 Å². The Morgan fingerprint density at radius 3 is 1.72 bits per heavy atom. The molecule has 0 aliphatic heterocycles. The molecule has 0 saturated carbocycles. The van der Waals surface area contributed by atoms with Gasteiger partial charge in [0, 0.05) is 11.1 Å². The van der Waals surface area contributed by atoms with E-state index in [-0.39, 0.29) is 45.2 Å². The summed E-state index contributed by atoms with van der Waals surface area (Å²) in [7, 11) is 0. The smallest absolute Gasteiger partial charge is 0.194 e. The van der Waals surface area contributed by atoms with E-state index in [1.54, 1.807) is 24.3 Å². The molecule has 0 fully saturated rings. The summed E-state index contributed by atoms with van der Waals surface area (Å²) in [5.74, 6) is -0.540. The molecule has 2 aromatic carbocycles. The Balaban J connectivity index is 2.40. The summed E-state index contributed by atoms with van der Waals surface area (Å²) in [6.07, 6.45) is 0. The highest BCUT2D eigenvalue weighted by molar-refractivity contribution is 6.30. The second-order valence-corrected chi connectivity index (χ2v) is 4.10. The van der Waals surface area contributed by atoms with Crippen molar-refractivity contribution in [2.45, 2.75) is 0 Å². The molecule has 1 aliphatic carbocycles. The van der Waals surface area contributed by atoms with Crippen molar-refractivity contribution >= 4 is 11.5 Å². The highest BCUT2D eigenvalue weighted by Crippen LogP contribution is 2.35. The standard InChI is InChI=1S/C14H9NO3/c15-13-11-7(3-1-5-9(11)16)14(18)8-4-2-6-10(17)12(8)13/h1-6,15-17H. The van der Waals surface area contributed by atoms with E-state index in [4.69, 9.17) is 5.41 Å². The van der Waals surface area contributed by atoms with Gasteiger partial charge in [-0.15, -0.1) is 0 Å². The van der Waals surface area contributed by atoms with Gasteiger partial charge >= 0.3 is 0 Å². The van der Waals surface area contributed by atoms with Gasteiger partial charge < -0.3 is 10.2 Å². The van der Waals surface area contributed by atoms with E-state index in [2.05, 4.69) is 0 Å². The summed E-state index contributed by atoms with van der Waals surface area (Å²) in [4.78, 5) is 12.2. The number of carbonyl (C=O) groups is 1. The van der Waals surface area contributed by atoms with Crippen LogP contribution in [0.15, 0.2) is 36.4 Å². The molecule has 3 rings (SSSR count). The molecule has 0 bridgehead atoms. The lowest BCUT2D eigenvalue weighted by atomic mass is 9.82. The topological polar surface area (TPSA) is 81.4 Å². The van der Waals surface area contributed by atoms with Gasteiger partial charge in [0.05, 0.1) is 16.8 Å². The Bertz CT molecular complexity index is 647. The van der Waals surface area contributed by atoms with Crippen LogP contribution in [0.1, 0.15) is 27.0 Å². The normalized spacial score (nSPS) is 13.1. The van der Waals surface area contributed by atoms with Crippen molar-refractivity contribution in [2.24, 2.45) is 0 Å². The fourth-order valence-electron chi connectivity index (χ4n) is 2.25. The highest BCUT2D eigenvalue weighted by Gasteiger charge is 2.31. The van der Waals surface area contributed by atoms with Gasteiger partial charge in [-0.1, -0.05) is 24.3 Å². The van der Waals surface area contributed by atoms with Crippen LogP contribution < -0.4 is 0 Å². The molecule has 88 valence electrons. The molecule has 3 N–H and O–H groups in total. The lowest BCUT2D eigenvalue weighted by molar-refractivity contribution is 0.103. The van der Waals surface area contributed by atoms with E-state index in [0.717, 1.165) is 0 Å². The molecule has 0 saturated heterocycles. The zero-order chi connectivity index (χ0) is 12.9. The van der Waals surface area contributed by atoms with E-state index < -0.39 is 0 Å². The maximum atomic E-state index is 12.2. The van der Waals surface area contributed by atoms with Crippen LogP contribution in [0, 0.1) is 5.41 Å². The Hall–Kier alpha value is -2.62. The zero-order valence-electron chi connectivity index (χ0n) is 9.27. The minimum absolute atomic E-state index is 0.0317. The number of aromatic hydroxyl groups is 2. The third kappa shape index (κ3) is 1.20. The molecule has 2 aromatic rings. The van der Waals surface area contributed by atoms with Crippen LogP contribution in [-0.2, 0) is 0 Å². The van der Waals surface area contributed by atoms with E-state index in [9.17, 15) is 15.0 Å². The van der Waals surface area contributed by atoms with Gasteiger partial charge in [-0.25, -0.2) is 0 Å². The predicted molar refractivity (Wildman–Crippen MR) is 65.6 cm³/mol. The number of nitrogens with one attached hydrogen (secondary N) is 1. The van der Waals surface area contributed by atoms with Crippen LogP contribution >= 0.6 is 0 Å². The van der Waals surface area contributed by atoms with Gasteiger partial charge in [-0.3, -0.25) is 10.2 Å². The quantitative estimate of drug-likeness (QED) is 0.561. The largest absolute Gasteiger partial charge is 0.507 e. The number of carbonyl (C=O) groups excluding carboxylic acids is 1. The zero-order valence-corrected chi connectivity index (χ0v) is 9.27. The molecule has 0 heterocycles. The average molecular weight is 239 g/mol. The van der Waals surface area contributed by atoms with Crippen molar-refractivity contribution in [2.75, 3.05) is 0 Å². The van der Waals surface area contributed by atoms with Crippen LogP contribution in [-0.4, -0.2) is 21.7 Å². The number of phenols is 2. The molecule has 18 heavy (non-hydrogen) atoms. The Labute approximate surface area is 103 Å². The molecule has 0 radical (unpaired) electrons. The number of hydrogen-bond acceptors (Lipinski definition) is 4. The summed E-state index contributed by atoms with van der Waals surface area (Å²) in [6.45, 7) is 0. The highest BCUT2D eigenvalue weighted by atomic mass is 16.3. The number of hydrogen-bond donors (Lipinski definition) is 3. The maximum Gasteiger partial charge on any atom is 0.194 e. The van der Waals surface area contributed by atoms with Crippen LogP contribution in [0.25, 0.3) is 0 Å². The second-order valence-electron chi connectivity index (χ2n) is 4.10. The SMILES string of the molecule is N=C1c2c(O)cccc2C(=O)c2cccc(O)c21. The van der Waals surface area contributed by atoms with Crippen molar-refractivity contribution < 1.29 is 15.0 Å². The molecule has 4 nitrogen and oxygen atoms in total. The number of fused-ring (bicyclic) bond motifs is 2. The van der Waals surface area contributed by atoms with Crippen molar-refractivity contribution in [1.29, 1.82) is 5.41 Å². The minimum Gasteiger partial charge on any atom is -0.507 e. The van der Waals surface area contributed by atoms with Crippen molar-refractivity contribution in [3.05, 3.63) is 58.7 Å². The molecule has 1 aliphatic rings. The van der Waals surface area contributed by atoms with Crippen molar-refractivity contribution in [1.82, 2.24) is 0 Å². The van der Waals surface area contributed by atoms with E-state index in [1.165, 1.54) is 12.1 Å². The molecular weight excluding hydrogens is 230 g/mol. The van der Waals surface area contributed by atoms with Gasteiger partial charge in [-0.2, -0.15) is 0 Å². The van der Waals surface area contributed by atoms with Gasteiger partial charge in [0.15, 0.2) is 5.78 Å². The summed E-state index contributed by atoms with van der Waals surface area (Å²) < 4.78 is 0. The first-order chi connectivity index (χ1) is 8.61. The Morgan fingerprint density at radius 2 is 1.28 bits per heavy atom. The van der Waals surface area contributed by atoms with Gasteiger partial charge in [0.2, 0.25) is 0 Å². The molecule has 0 amide bonds. The Kier molecular flexibility index (Phi) is 2.01. The lowest BCUT2D eigenvalue weighted by Crippen LogP contribution is -2.21. The number of ketones is 1. The Morgan fingerprint density at radius 1 is 0.833 bits per heavy atom. The molecule has 0 spiro atoms. The summed E-state index contributed by atoms with van der Waals surface area (Å²) in [5.41, 5.74) is 0.903. The van der Waals surface area contributed by atoms with Crippen molar-refractivity contribution in [3.63, 3.8) is 0 Å². The second kappa shape index (κ2) is 3.43. The van der Waals surface area contributed by atoms with E-state index >= 15 is 0 Å². The third-order valence-corrected chi connectivity index (χ3v) is 3.07. The summed E-state index contributed by atoms with van der Waals surface area (Å²) in [5, 5.41) is 27.6. The lowest BCUT2D eigenvalue weighted by Gasteiger charge is -2.20. The molecule has 0 atom stereocenters. The molecular formula is C14H9NO3. The fraction of sp³-hybridized carbons (Fsp3) is 0. The van der Waals surface area contributed by atoms with E-state index in [1.807, 2.05) is 0 Å².